The van der Waals surface area contributed by atoms with Gasteiger partial charge in [0, 0.05) is 13.1 Å². The van der Waals surface area contributed by atoms with Crippen LogP contribution in [0.15, 0.2) is 30.3 Å². The van der Waals surface area contributed by atoms with Gasteiger partial charge in [0.05, 0.1) is 6.04 Å². The molecule has 0 bridgehead atoms. The summed E-state index contributed by atoms with van der Waals surface area (Å²) in [4.78, 5) is 14.4. The first kappa shape index (κ1) is 16.0. The molecule has 1 aromatic carbocycles. The van der Waals surface area contributed by atoms with E-state index in [4.69, 9.17) is 5.73 Å². The van der Waals surface area contributed by atoms with E-state index in [2.05, 4.69) is 32.9 Å². The first-order chi connectivity index (χ1) is 9.88. The minimum atomic E-state index is -0.371. The molecule has 3 nitrogen and oxygen atoms in total. The fraction of sp³-hybridized carbons (Fsp3) is 0.611. The molecule has 0 radical (unpaired) electrons. The van der Waals surface area contributed by atoms with Crippen molar-refractivity contribution >= 4 is 5.91 Å². The van der Waals surface area contributed by atoms with E-state index in [1.807, 2.05) is 23.1 Å². The van der Waals surface area contributed by atoms with Crippen molar-refractivity contribution in [3.63, 3.8) is 0 Å². The molecule has 1 aliphatic rings. The van der Waals surface area contributed by atoms with Crippen LogP contribution in [0.1, 0.15) is 39.2 Å². The number of likely N-dealkylation sites (tertiary alicyclic amines) is 1. The predicted molar refractivity (Wildman–Crippen MR) is 86.9 cm³/mol. The lowest BCUT2D eigenvalue weighted by Gasteiger charge is -2.27. The number of carbonyl (C=O) groups is 1. The number of carbonyl (C=O) groups excluding carboxylic acids is 1. The third-order valence-electron chi connectivity index (χ3n) is 4.63. The highest BCUT2D eigenvalue weighted by Gasteiger charge is 2.35. The van der Waals surface area contributed by atoms with Crippen LogP contribution in [0.3, 0.4) is 0 Å². The lowest BCUT2D eigenvalue weighted by molar-refractivity contribution is -0.131. The molecule has 0 spiro atoms. The SMILES string of the molecule is CC(C)(C)C1CCN(C(=O)C(N)CCc2ccccc2)C1. The highest BCUT2D eigenvalue weighted by Crippen LogP contribution is 2.33. The van der Waals surface area contributed by atoms with E-state index in [1.165, 1.54) is 5.56 Å². The second-order valence-electron chi connectivity index (χ2n) is 7.27. The van der Waals surface area contributed by atoms with Crippen molar-refractivity contribution < 1.29 is 4.79 Å². The molecule has 1 aromatic rings. The molecular weight excluding hydrogens is 260 g/mol. The van der Waals surface area contributed by atoms with Gasteiger partial charge in [-0.1, -0.05) is 51.1 Å². The van der Waals surface area contributed by atoms with Gasteiger partial charge in [-0.2, -0.15) is 0 Å². The van der Waals surface area contributed by atoms with E-state index in [-0.39, 0.29) is 17.4 Å². The Morgan fingerprint density at radius 2 is 2.00 bits per heavy atom. The number of aryl methyl sites for hydroxylation is 1. The lowest BCUT2D eigenvalue weighted by Crippen LogP contribution is -2.43. The Labute approximate surface area is 128 Å². The van der Waals surface area contributed by atoms with E-state index < -0.39 is 0 Å². The largest absolute Gasteiger partial charge is 0.341 e. The summed E-state index contributed by atoms with van der Waals surface area (Å²) in [5, 5.41) is 0. The lowest BCUT2D eigenvalue weighted by atomic mass is 9.80. The number of nitrogens with two attached hydrogens (primary N) is 1. The van der Waals surface area contributed by atoms with Crippen LogP contribution in [-0.2, 0) is 11.2 Å². The maximum absolute atomic E-state index is 12.4. The average Bonchev–Trinajstić information content (AvgIpc) is 2.95. The third-order valence-corrected chi connectivity index (χ3v) is 4.63. The summed E-state index contributed by atoms with van der Waals surface area (Å²) in [5.41, 5.74) is 7.62. The molecule has 1 heterocycles. The molecule has 0 aromatic heterocycles. The molecule has 2 unspecified atom stereocenters. The Kier molecular flexibility index (Phi) is 5.04. The van der Waals surface area contributed by atoms with E-state index >= 15 is 0 Å². The first-order valence-electron chi connectivity index (χ1n) is 7.96. The smallest absolute Gasteiger partial charge is 0.239 e. The van der Waals surface area contributed by atoms with Crippen LogP contribution in [0.25, 0.3) is 0 Å². The maximum Gasteiger partial charge on any atom is 0.239 e. The van der Waals surface area contributed by atoms with Gasteiger partial charge < -0.3 is 10.6 Å². The first-order valence-corrected chi connectivity index (χ1v) is 7.96. The number of amides is 1. The summed E-state index contributed by atoms with van der Waals surface area (Å²) in [6, 6.07) is 9.86. The predicted octanol–water partition coefficient (Wildman–Crippen LogP) is 2.84. The second-order valence-corrected chi connectivity index (χ2v) is 7.27. The van der Waals surface area contributed by atoms with Crippen molar-refractivity contribution in [3.8, 4) is 0 Å². The number of rotatable bonds is 4. The molecule has 1 fully saturated rings. The van der Waals surface area contributed by atoms with Gasteiger partial charge in [0.1, 0.15) is 0 Å². The van der Waals surface area contributed by atoms with Crippen LogP contribution in [-0.4, -0.2) is 29.9 Å². The third kappa shape index (κ3) is 4.31. The normalized spacial score (nSPS) is 20.6. The van der Waals surface area contributed by atoms with Gasteiger partial charge >= 0.3 is 0 Å². The summed E-state index contributed by atoms with van der Waals surface area (Å²) in [6.07, 6.45) is 2.68. The van der Waals surface area contributed by atoms with Crippen LogP contribution in [0.2, 0.25) is 0 Å². The number of hydrogen-bond donors (Lipinski definition) is 1. The fourth-order valence-corrected chi connectivity index (χ4v) is 2.99. The zero-order valence-corrected chi connectivity index (χ0v) is 13.5. The van der Waals surface area contributed by atoms with Crippen molar-refractivity contribution in [3.05, 3.63) is 35.9 Å². The van der Waals surface area contributed by atoms with Crippen molar-refractivity contribution in [2.75, 3.05) is 13.1 Å². The molecule has 1 saturated heterocycles. The summed E-state index contributed by atoms with van der Waals surface area (Å²) in [7, 11) is 0. The molecule has 2 N–H and O–H groups in total. The maximum atomic E-state index is 12.4. The average molecular weight is 288 g/mol. The Morgan fingerprint density at radius 3 is 2.57 bits per heavy atom. The van der Waals surface area contributed by atoms with Gasteiger partial charge in [-0.3, -0.25) is 4.79 Å². The Hall–Kier alpha value is -1.35. The summed E-state index contributed by atoms with van der Waals surface area (Å²) in [6.45, 7) is 8.48. The van der Waals surface area contributed by atoms with E-state index in [1.54, 1.807) is 0 Å². The van der Waals surface area contributed by atoms with Crippen LogP contribution >= 0.6 is 0 Å². The Morgan fingerprint density at radius 1 is 1.33 bits per heavy atom. The number of hydrogen-bond acceptors (Lipinski definition) is 2. The van der Waals surface area contributed by atoms with E-state index in [9.17, 15) is 4.79 Å². The van der Waals surface area contributed by atoms with Crippen molar-refractivity contribution in [2.24, 2.45) is 17.1 Å². The topological polar surface area (TPSA) is 46.3 Å². The van der Waals surface area contributed by atoms with E-state index in [0.717, 1.165) is 32.4 Å². The summed E-state index contributed by atoms with van der Waals surface area (Å²) >= 11 is 0. The zero-order valence-electron chi connectivity index (χ0n) is 13.5. The number of benzene rings is 1. The molecule has 0 saturated carbocycles. The van der Waals surface area contributed by atoms with Crippen LogP contribution in [0.5, 0.6) is 0 Å². The standard InChI is InChI=1S/C18H28N2O/c1-18(2,3)15-11-12-20(13-15)17(21)16(19)10-9-14-7-5-4-6-8-14/h4-8,15-16H,9-13,19H2,1-3H3. The molecule has 1 amide bonds. The number of nitrogens with zero attached hydrogens (tertiary/aromatic N) is 1. The van der Waals surface area contributed by atoms with Gasteiger partial charge in [0.15, 0.2) is 0 Å². The van der Waals surface area contributed by atoms with Crippen LogP contribution in [0, 0.1) is 11.3 Å². The molecule has 2 atom stereocenters. The fourth-order valence-electron chi connectivity index (χ4n) is 2.99. The molecular formula is C18H28N2O. The molecule has 116 valence electrons. The molecule has 0 aliphatic carbocycles. The van der Waals surface area contributed by atoms with Crippen LogP contribution in [0.4, 0.5) is 0 Å². The van der Waals surface area contributed by atoms with Gasteiger partial charge in [-0.05, 0) is 36.2 Å². The highest BCUT2D eigenvalue weighted by atomic mass is 16.2. The van der Waals surface area contributed by atoms with Crippen molar-refractivity contribution in [1.29, 1.82) is 0 Å². The quantitative estimate of drug-likeness (QED) is 0.926. The van der Waals surface area contributed by atoms with Gasteiger partial charge in [0.2, 0.25) is 5.91 Å². The summed E-state index contributed by atoms with van der Waals surface area (Å²) < 4.78 is 0. The van der Waals surface area contributed by atoms with Crippen LogP contribution < -0.4 is 5.73 Å². The molecule has 2 rings (SSSR count). The minimum Gasteiger partial charge on any atom is -0.341 e. The highest BCUT2D eigenvalue weighted by molar-refractivity contribution is 5.81. The van der Waals surface area contributed by atoms with Crippen molar-refractivity contribution in [2.45, 2.75) is 46.1 Å². The molecule has 21 heavy (non-hydrogen) atoms. The Balaban J connectivity index is 1.83. The van der Waals surface area contributed by atoms with Gasteiger partial charge in [-0.15, -0.1) is 0 Å². The summed E-state index contributed by atoms with van der Waals surface area (Å²) in [5.74, 6) is 0.709. The van der Waals surface area contributed by atoms with Crippen molar-refractivity contribution in [1.82, 2.24) is 4.90 Å². The van der Waals surface area contributed by atoms with Gasteiger partial charge in [0.25, 0.3) is 0 Å². The van der Waals surface area contributed by atoms with Gasteiger partial charge in [-0.25, -0.2) is 0 Å². The minimum absolute atomic E-state index is 0.123. The molecule has 1 aliphatic heterocycles. The zero-order chi connectivity index (χ0) is 15.5. The Bertz CT molecular complexity index is 464. The van der Waals surface area contributed by atoms with E-state index in [0.29, 0.717) is 5.92 Å². The molecule has 3 heteroatoms. The second kappa shape index (κ2) is 6.61. The monoisotopic (exact) mass is 288 g/mol.